The van der Waals surface area contributed by atoms with E-state index in [1.165, 1.54) is 0 Å². The molecule has 1 aliphatic heterocycles. The van der Waals surface area contributed by atoms with Crippen molar-refractivity contribution in [1.29, 1.82) is 0 Å². The summed E-state index contributed by atoms with van der Waals surface area (Å²) in [5.41, 5.74) is 0.844. The number of carbonyl (C=O) groups is 1. The van der Waals surface area contributed by atoms with Crippen LogP contribution in [0.4, 0.5) is 0 Å². The molecule has 2 rings (SSSR count). The molecule has 0 amide bonds. The SMILES string of the molecule is O=C1Cc2cnoc2CO1. The van der Waals surface area contributed by atoms with Crippen molar-refractivity contribution in [2.45, 2.75) is 13.0 Å². The normalized spacial score (nSPS) is 16.2. The fourth-order valence-electron chi connectivity index (χ4n) is 0.900. The summed E-state index contributed by atoms with van der Waals surface area (Å²) in [4.78, 5) is 10.6. The summed E-state index contributed by atoms with van der Waals surface area (Å²) in [5.74, 6) is 0.454. The monoisotopic (exact) mass is 139 g/mol. The molecule has 4 nitrogen and oxygen atoms in total. The van der Waals surface area contributed by atoms with E-state index in [0.717, 1.165) is 5.56 Å². The van der Waals surface area contributed by atoms with E-state index in [0.29, 0.717) is 12.2 Å². The van der Waals surface area contributed by atoms with E-state index in [4.69, 9.17) is 4.52 Å². The zero-order valence-electron chi connectivity index (χ0n) is 5.16. The Balaban J connectivity index is 2.39. The first-order valence-corrected chi connectivity index (χ1v) is 2.94. The van der Waals surface area contributed by atoms with Gasteiger partial charge in [0.1, 0.15) is 0 Å². The topological polar surface area (TPSA) is 52.3 Å². The van der Waals surface area contributed by atoms with E-state index >= 15 is 0 Å². The Morgan fingerprint density at radius 2 is 2.50 bits per heavy atom. The Kier molecular flexibility index (Phi) is 1.00. The van der Waals surface area contributed by atoms with Crippen molar-refractivity contribution in [3.05, 3.63) is 17.5 Å². The second kappa shape index (κ2) is 1.83. The maximum atomic E-state index is 10.6. The number of ether oxygens (including phenoxy) is 1. The van der Waals surface area contributed by atoms with Crippen LogP contribution in [-0.4, -0.2) is 11.1 Å². The summed E-state index contributed by atoms with van der Waals surface area (Å²) >= 11 is 0. The molecule has 0 unspecified atom stereocenters. The highest BCUT2D eigenvalue weighted by Crippen LogP contribution is 2.15. The maximum Gasteiger partial charge on any atom is 0.310 e. The third-order valence-electron chi connectivity index (χ3n) is 1.43. The van der Waals surface area contributed by atoms with E-state index in [-0.39, 0.29) is 12.6 Å². The van der Waals surface area contributed by atoms with Crippen LogP contribution in [0, 0.1) is 0 Å². The van der Waals surface area contributed by atoms with Gasteiger partial charge in [-0.05, 0) is 0 Å². The van der Waals surface area contributed by atoms with E-state index < -0.39 is 0 Å². The number of hydrogen-bond donors (Lipinski definition) is 0. The Bertz CT molecular complexity index is 266. The summed E-state index contributed by atoms with van der Waals surface area (Å²) < 4.78 is 9.47. The molecule has 0 radical (unpaired) electrons. The predicted molar refractivity (Wildman–Crippen MR) is 30.0 cm³/mol. The molecule has 1 aromatic rings. The Labute approximate surface area is 56.8 Å². The van der Waals surface area contributed by atoms with Gasteiger partial charge in [0.25, 0.3) is 0 Å². The lowest BCUT2D eigenvalue weighted by Gasteiger charge is -2.07. The lowest BCUT2D eigenvalue weighted by molar-refractivity contribution is -0.146. The average Bonchev–Trinajstić information content (AvgIpc) is 2.33. The van der Waals surface area contributed by atoms with E-state index in [2.05, 4.69) is 9.89 Å². The number of carbonyl (C=O) groups excluding carboxylic acids is 1. The van der Waals surface area contributed by atoms with Crippen LogP contribution >= 0.6 is 0 Å². The number of fused-ring (bicyclic) bond motifs is 1. The molecule has 0 spiro atoms. The van der Waals surface area contributed by atoms with Crippen LogP contribution in [0.1, 0.15) is 11.3 Å². The Morgan fingerprint density at radius 3 is 3.40 bits per heavy atom. The zero-order chi connectivity index (χ0) is 6.97. The van der Waals surface area contributed by atoms with Crippen molar-refractivity contribution in [2.24, 2.45) is 0 Å². The highest BCUT2D eigenvalue weighted by molar-refractivity contribution is 5.73. The van der Waals surface area contributed by atoms with Gasteiger partial charge in [0.05, 0.1) is 12.6 Å². The van der Waals surface area contributed by atoms with Crippen LogP contribution in [0.3, 0.4) is 0 Å². The lowest BCUT2D eigenvalue weighted by Crippen LogP contribution is -2.14. The van der Waals surface area contributed by atoms with Gasteiger partial charge in [-0.1, -0.05) is 5.16 Å². The van der Waals surface area contributed by atoms with Crippen molar-refractivity contribution in [2.75, 3.05) is 0 Å². The average molecular weight is 139 g/mol. The number of rotatable bonds is 0. The van der Waals surface area contributed by atoms with Gasteiger partial charge in [-0.15, -0.1) is 0 Å². The molecule has 1 aromatic heterocycles. The first-order chi connectivity index (χ1) is 4.86. The van der Waals surface area contributed by atoms with Crippen molar-refractivity contribution >= 4 is 5.97 Å². The van der Waals surface area contributed by atoms with Gasteiger partial charge in [-0.2, -0.15) is 0 Å². The number of nitrogens with zero attached hydrogens (tertiary/aromatic N) is 1. The first kappa shape index (κ1) is 5.46. The van der Waals surface area contributed by atoms with Crippen molar-refractivity contribution in [3.8, 4) is 0 Å². The third-order valence-corrected chi connectivity index (χ3v) is 1.43. The smallest absolute Gasteiger partial charge is 0.310 e. The summed E-state index contributed by atoms with van der Waals surface area (Å²) in [6, 6.07) is 0. The number of hydrogen-bond acceptors (Lipinski definition) is 4. The molecule has 2 heterocycles. The minimum absolute atomic E-state index is 0.212. The van der Waals surface area contributed by atoms with Gasteiger partial charge < -0.3 is 9.26 Å². The molecule has 10 heavy (non-hydrogen) atoms. The van der Waals surface area contributed by atoms with Crippen molar-refractivity contribution < 1.29 is 14.1 Å². The van der Waals surface area contributed by atoms with Crippen LogP contribution in [0.15, 0.2) is 10.7 Å². The molecule has 4 heteroatoms. The molecule has 0 bridgehead atoms. The molecule has 1 aliphatic rings. The van der Waals surface area contributed by atoms with Crippen LogP contribution in [-0.2, 0) is 22.6 Å². The summed E-state index contributed by atoms with van der Waals surface area (Å²) in [7, 11) is 0. The van der Waals surface area contributed by atoms with Gasteiger partial charge in [0.15, 0.2) is 12.4 Å². The first-order valence-electron chi connectivity index (χ1n) is 2.94. The molecule has 0 saturated heterocycles. The van der Waals surface area contributed by atoms with E-state index in [1.54, 1.807) is 6.20 Å². The fourth-order valence-corrected chi connectivity index (χ4v) is 0.900. The minimum atomic E-state index is -0.212. The molecule has 0 atom stereocenters. The quantitative estimate of drug-likeness (QED) is 0.484. The van der Waals surface area contributed by atoms with Crippen molar-refractivity contribution in [3.63, 3.8) is 0 Å². The molecule has 0 saturated carbocycles. The Hall–Kier alpha value is -1.32. The van der Waals surface area contributed by atoms with Crippen molar-refractivity contribution in [1.82, 2.24) is 5.16 Å². The predicted octanol–water partition coefficient (Wildman–Crippen LogP) is 0.274. The summed E-state index contributed by atoms with van der Waals surface area (Å²) in [5, 5.41) is 3.53. The summed E-state index contributed by atoms with van der Waals surface area (Å²) in [6.07, 6.45) is 1.84. The molecule has 0 aromatic carbocycles. The molecule has 0 fully saturated rings. The minimum Gasteiger partial charge on any atom is -0.457 e. The zero-order valence-corrected chi connectivity index (χ0v) is 5.16. The van der Waals surface area contributed by atoms with Gasteiger partial charge >= 0.3 is 5.97 Å². The van der Waals surface area contributed by atoms with Crippen LogP contribution < -0.4 is 0 Å². The number of cyclic esters (lactones) is 1. The van der Waals surface area contributed by atoms with Gasteiger partial charge in [-0.3, -0.25) is 4.79 Å². The number of esters is 1. The highest BCUT2D eigenvalue weighted by Gasteiger charge is 2.19. The standard InChI is InChI=1S/C6H5NO3/c8-6-1-4-2-7-10-5(4)3-9-6/h2H,1,3H2. The molecule has 52 valence electrons. The fraction of sp³-hybridized carbons (Fsp3) is 0.333. The van der Waals surface area contributed by atoms with Gasteiger partial charge in [-0.25, -0.2) is 0 Å². The van der Waals surface area contributed by atoms with Gasteiger partial charge in [0.2, 0.25) is 0 Å². The molecular formula is C6H5NO3. The number of aromatic nitrogens is 1. The van der Waals surface area contributed by atoms with Crippen LogP contribution in [0.5, 0.6) is 0 Å². The van der Waals surface area contributed by atoms with Gasteiger partial charge in [0, 0.05) is 5.56 Å². The van der Waals surface area contributed by atoms with E-state index in [9.17, 15) is 4.79 Å². The lowest BCUT2D eigenvalue weighted by atomic mass is 10.2. The largest absolute Gasteiger partial charge is 0.457 e. The second-order valence-electron chi connectivity index (χ2n) is 2.11. The second-order valence-corrected chi connectivity index (χ2v) is 2.11. The molecule has 0 aliphatic carbocycles. The summed E-state index contributed by atoms with van der Waals surface area (Å²) in [6.45, 7) is 0.230. The third kappa shape index (κ3) is 0.689. The molecular weight excluding hydrogens is 134 g/mol. The highest BCUT2D eigenvalue weighted by atomic mass is 16.6. The van der Waals surface area contributed by atoms with Crippen LogP contribution in [0.2, 0.25) is 0 Å². The molecule has 0 N–H and O–H groups in total. The van der Waals surface area contributed by atoms with E-state index in [1.807, 2.05) is 0 Å². The Morgan fingerprint density at radius 1 is 1.60 bits per heavy atom. The van der Waals surface area contributed by atoms with Crippen LogP contribution in [0.25, 0.3) is 0 Å². The maximum absolute atomic E-state index is 10.6.